The van der Waals surface area contributed by atoms with Crippen molar-refractivity contribution in [2.75, 3.05) is 6.54 Å². The molecule has 0 bridgehead atoms. The molecule has 0 aromatic carbocycles. The van der Waals surface area contributed by atoms with Gasteiger partial charge in [0.1, 0.15) is 0 Å². The van der Waals surface area contributed by atoms with E-state index in [1.54, 1.807) is 0 Å². The molecule has 0 aliphatic heterocycles. The van der Waals surface area contributed by atoms with Crippen molar-refractivity contribution in [3.05, 3.63) is 0 Å². The van der Waals surface area contributed by atoms with Gasteiger partial charge in [-0.3, -0.25) is 0 Å². The Kier molecular flexibility index (Phi) is 6.54. The molecule has 1 fully saturated rings. The standard InChI is InChI=1S/C16H33NS/c1-7-12(3)18-15-11-13(16(4,5)6)9-10-14(15)17-8-2/h12-15,17H,7-11H2,1-6H3. The van der Waals surface area contributed by atoms with Gasteiger partial charge in [0.25, 0.3) is 0 Å². The zero-order chi connectivity index (χ0) is 13.8. The molecule has 1 N–H and O–H groups in total. The summed E-state index contributed by atoms with van der Waals surface area (Å²) in [5.74, 6) is 0.897. The average Bonchev–Trinajstić information content (AvgIpc) is 2.30. The summed E-state index contributed by atoms with van der Waals surface area (Å²) in [6, 6.07) is 0.743. The molecule has 0 amide bonds. The van der Waals surface area contributed by atoms with Gasteiger partial charge in [0.15, 0.2) is 0 Å². The van der Waals surface area contributed by atoms with Gasteiger partial charge in [-0.05, 0) is 43.6 Å². The smallest absolute Gasteiger partial charge is 0.0206 e. The van der Waals surface area contributed by atoms with Gasteiger partial charge in [-0.1, -0.05) is 41.5 Å². The van der Waals surface area contributed by atoms with Gasteiger partial charge < -0.3 is 5.32 Å². The first-order valence-corrected chi connectivity index (χ1v) is 8.71. The first-order valence-electron chi connectivity index (χ1n) is 7.77. The van der Waals surface area contributed by atoms with E-state index in [0.29, 0.717) is 5.41 Å². The Labute approximate surface area is 119 Å². The van der Waals surface area contributed by atoms with E-state index in [9.17, 15) is 0 Å². The lowest BCUT2D eigenvalue weighted by Crippen LogP contribution is -2.45. The third-order valence-electron chi connectivity index (χ3n) is 4.46. The molecule has 1 nitrogen and oxygen atoms in total. The SMILES string of the molecule is CCNC1CCC(C(C)(C)C)CC1SC(C)CC. The van der Waals surface area contributed by atoms with E-state index in [1.807, 2.05) is 0 Å². The minimum Gasteiger partial charge on any atom is -0.313 e. The summed E-state index contributed by atoms with van der Waals surface area (Å²) < 4.78 is 0. The minimum atomic E-state index is 0.478. The summed E-state index contributed by atoms with van der Waals surface area (Å²) in [4.78, 5) is 0. The fourth-order valence-electron chi connectivity index (χ4n) is 2.96. The van der Waals surface area contributed by atoms with Gasteiger partial charge in [-0.2, -0.15) is 11.8 Å². The fourth-order valence-corrected chi connectivity index (χ4v) is 4.51. The van der Waals surface area contributed by atoms with Crippen LogP contribution in [0.4, 0.5) is 0 Å². The van der Waals surface area contributed by atoms with Crippen molar-refractivity contribution in [1.29, 1.82) is 0 Å². The molecular formula is C16H33NS. The van der Waals surface area contributed by atoms with Crippen LogP contribution in [0.5, 0.6) is 0 Å². The van der Waals surface area contributed by atoms with Crippen molar-refractivity contribution < 1.29 is 0 Å². The molecule has 4 atom stereocenters. The van der Waals surface area contributed by atoms with Crippen LogP contribution in [0.25, 0.3) is 0 Å². The number of rotatable bonds is 5. The lowest BCUT2D eigenvalue weighted by Gasteiger charge is -2.42. The second kappa shape index (κ2) is 7.19. The lowest BCUT2D eigenvalue weighted by molar-refractivity contribution is 0.165. The highest BCUT2D eigenvalue weighted by Gasteiger charge is 2.36. The van der Waals surface area contributed by atoms with E-state index < -0.39 is 0 Å². The predicted octanol–water partition coefficient (Wildman–Crippen LogP) is 4.71. The Morgan fingerprint density at radius 2 is 1.89 bits per heavy atom. The first-order chi connectivity index (χ1) is 8.38. The van der Waals surface area contributed by atoms with E-state index in [4.69, 9.17) is 0 Å². The average molecular weight is 272 g/mol. The Hall–Kier alpha value is 0.310. The maximum absolute atomic E-state index is 3.72. The molecule has 0 aromatic heterocycles. The molecule has 0 heterocycles. The number of nitrogens with one attached hydrogen (secondary N) is 1. The molecule has 4 unspecified atom stereocenters. The van der Waals surface area contributed by atoms with Gasteiger partial charge in [0, 0.05) is 16.5 Å². The molecule has 1 saturated carbocycles. The van der Waals surface area contributed by atoms with Crippen LogP contribution < -0.4 is 5.32 Å². The maximum Gasteiger partial charge on any atom is 0.0206 e. The van der Waals surface area contributed by atoms with Crippen LogP contribution in [-0.2, 0) is 0 Å². The van der Waals surface area contributed by atoms with Crippen molar-refractivity contribution in [3.63, 3.8) is 0 Å². The fraction of sp³-hybridized carbons (Fsp3) is 1.00. The molecule has 0 spiro atoms. The molecule has 1 rings (SSSR count). The molecular weight excluding hydrogens is 238 g/mol. The van der Waals surface area contributed by atoms with Gasteiger partial charge >= 0.3 is 0 Å². The first kappa shape index (κ1) is 16.4. The minimum absolute atomic E-state index is 0.478. The van der Waals surface area contributed by atoms with E-state index >= 15 is 0 Å². The third kappa shape index (κ3) is 4.77. The Morgan fingerprint density at radius 3 is 2.39 bits per heavy atom. The van der Waals surface area contributed by atoms with Crippen LogP contribution in [-0.4, -0.2) is 23.1 Å². The molecule has 0 aromatic rings. The van der Waals surface area contributed by atoms with Gasteiger partial charge in [-0.15, -0.1) is 0 Å². The van der Waals surface area contributed by atoms with Crippen molar-refractivity contribution >= 4 is 11.8 Å². The van der Waals surface area contributed by atoms with E-state index in [-0.39, 0.29) is 0 Å². The quantitative estimate of drug-likeness (QED) is 0.777. The summed E-state index contributed by atoms with van der Waals surface area (Å²) in [5.41, 5.74) is 0.478. The highest BCUT2D eigenvalue weighted by atomic mass is 32.2. The molecule has 0 radical (unpaired) electrons. The molecule has 1 aliphatic rings. The van der Waals surface area contributed by atoms with Crippen LogP contribution in [0.3, 0.4) is 0 Å². The van der Waals surface area contributed by atoms with Gasteiger partial charge in [0.05, 0.1) is 0 Å². The van der Waals surface area contributed by atoms with E-state index in [0.717, 1.165) is 29.0 Å². The molecule has 1 aliphatic carbocycles. The largest absolute Gasteiger partial charge is 0.313 e. The number of hydrogen-bond acceptors (Lipinski definition) is 2. The van der Waals surface area contributed by atoms with Crippen molar-refractivity contribution in [2.24, 2.45) is 11.3 Å². The zero-order valence-electron chi connectivity index (χ0n) is 13.3. The molecule has 2 heteroatoms. The summed E-state index contributed by atoms with van der Waals surface area (Å²) in [5, 5.41) is 5.33. The summed E-state index contributed by atoms with van der Waals surface area (Å²) in [6.45, 7) is 15.3. The monoisotopic (exact) mass is 271 g/mol. The second-order valence-electron chi connectivity index (χ2n) is 6.93. The zero-order valence-corrected chi connectivity index (χ0v) is 14.1. The van der Waals surface area contributed by atoms with Crippen LogP contribution in [0, 0.1) is 11.3 Å². The molecule has 108 valence electrons. The van der Waals surface area contributed by atoms with Crippen LogP contribution in [0.2, 0.25) is 0 Å². The summed E-state index contributed by atoms with van der Waals surface area (Å²) in [6.07, 6.45) is 5.46. The predicted molar refractivity (Wildman–Crippen MR) is 85.4 cm³/mol. The Bertz CT molecular complexity index is 234. The highest BCUT2D eigenvalue weighted by molar-refractivity contribution is 8.00. The maximum atomic E-state index is 3.72. The third-order valence-corrected chi connectivity index (χ3v) is 6.13. The van der Waals surface area contributed by atoms with E-state index in [1.165, 1.54) is 25.7 Å². The normalized spacial score (nSPS) is 31.3. The molecule has 18 heavy (non-hydrogen) atoms. The topological polar surface area (TPSA) is 12.0 Å². The highest BCUT2D eigenvalue weighted by Crippen LogP contribution is 2.42. The van der Waals surface area contributed by atoms with E-state index in [2.05, 4.69) is 58.6 Å². The van der Waals surface area contributed by atoms with Crippen LogP contribution in [0.15, 0.2) is 0 Å². The van der Waals surface area contributed by atoms with Crippen molar-refractivity contribution in [1.82, 2.24) is 5.32 Å². The lowest BCUT2D eigenvalue weighted by atomic mass is 9.71. The van der Waals surface area contributed by atoms with Crippen molar-refractivity contribution in [2.45, 2.75) is 83.8 Å². The number of thioether (sulfide) groups is 1. The van der Waals surface area contributed by atoms with Gasteiger partial charge in [-0.25, -0.2) is 0 Å². The number of hydrogen-bond donors (Lipinski definition) is 1. The summed E-state index contributed by atoms with van der Waals surface area (Å²) >= 11 is 2.23. The Balaban J connectivity index is 2.64. The van der Waals surface area contributed by atoms with Crippen LogP contribution in [0.1, 0.15) is 67.2 Å². The Morgan fingerprint density at radius 1 is 1.22 bits per heavy atom. The second-order valence-corrected chi connectivity index (χ2v) is 8.62. The van der Waals surface area contributed by atoms with Gasteiger partial charge in [0.2, 0.25) is 0 Å². The summed E-state index contributed by atoms with van der Waals surface area (Å²) in [7, 11) is 0. The van der Waals surface area contributed by atoms with Crippen LogP contribution >= 0.6 is 11.8 Å². The molecule has 0 saturated heterocycles. The van der Waals surface area contributed by atoms with Crippen molar-refractivity contribution in [3.8, 4) is 0 Å².